The first-order valence-corrected chi connectivity index (χ1v) is 8.13. The molecule has 2 rings (SSSR count). The van der Waals surface area contributed by atoms with E-state index in [0.717, 1.165) is 25.7 Å². The summed E-state index contributed by atoms with van der Waals surface area (Å²) in [6, 6.07) is 6.37. The molecule has 0 heterocycles. The standard InChI is InChI=1S/C19H28O2/c1-13(2)17-7-9-19(10-8-17,18(20)21)12-16-6-5-14(3)15(4)11-16/h5-6,11,13,17H,7-10,12H2,1-4H3,(H,20,21). The Morgan fingerprint density at radius 2 is 1.86 bits per heavy atom. The van der Waals surface area contributed by atoms with E-state index in [1.54, 1.807) is 0 Å². The van der Waals surface area contributed by atoms with E-state index in [-0.39, 0.29) is 0 Å². The minimum atomic E-state index is -0.608. The van der Waals surface area contributed by atoms with Crippen LogP contribution >= 0.6 is 0 Å². The molecule has 1 aromatic carbocycles. The molecule has 21 heavy (non-hydrogen) atoms. The highest BCUT2D eigenvalue weighted by Crippen LogP contribution is 2.44. The second kappa shape index (κ2) is 6.21. The van der Waals surface area contributed by atoms with Gasteiger partial charge in [0, 0.05) is 0 Å². The zero-order valence-corrected chi connectivity index (χ0v) is 13.8. The summed E-state index contributed by atoms with van der Waals surface area (Å²) in [5, 5.41) is 9.80. The van der Waals surface area contributed by atoms with E-state index in [2.05, 4.69) is 45.9 Å². The van der Waals surface area contributed by atoms with Gasteiger partial charge in [-0.25, -0.2) is 0 Å². The van der Waals surface area contributed by atoms with Gasteiger partial charge < -0.3 is 5.11 Å². The number of benzene rings is 1. The molecule has 0 spiro atoms. The van der Waals surface area contributed by atoms with E-state index in [1.165, 1.54) is 16.7 Å². The SMILES string of the molecule is Cc1ccc(CC2(C(=O)O)CCC(C(C)C)CC2)cc1C. The number of carboxylic acid groups (broad SMARTS) is 1. The molecule has 0 saturated heterocycles. The van der Waals surface area contributed by atoms with Crippen LogP contribution in [0.3, 0.4) is 0 Å². The van der Waals surface area contributed by atoms with E-state index in [0.29, 0.717) is 18.3 Å². The average Bonchev–Trinajstić information content (AvgIpc) is 2.43. The molecule has 1 saturated carbocycles. The van der Waals surface area contributed by atoms with Crippen molar-refractivity contribution in [3.8, 4) is 0 Å². The lowest BCUT2D eigenvalue weighted by Gasteiger charge is -2.38. The molecule has 0 atom stereocenters. The van der Waals surface area contributed by atoms with Crippen molar-refractivity contribution in [2.45, 2.75) is 59.8 Å². The van der Waals surface area contributed by atoms with Crippen LogP contribution in [0.15, 0.2) is 18.2 Å². The maximum absolute atomic E-state index is 11.9. The summed E-state index contributed by atoms with van der Waals surface area (Å²) in [6.45, 7) is 8.70. The minimum Gasteiger partial charge on any atom is -0.481 e. The first kappa shape index (κ1) is 16.1. The number of carbonyl (C=O) groups is 1. The summed E-state index contributed by atoms with van der Waals surface area (Å²) in [4.78, 5) is 11.9. The third kappa shape index (κ3) is 3.48. The van der Waals surface area contributed by atoms with Gasteiger partial charge in [0.25, 0.3) is 0 Å². The molecule has 2 nitrogen and oxygen atoms in total. The number of aryl methyl sites for hydroxylation is 2. The zero-order valence-electron chi connectivity index (χ0n) is 13.8. The topological polar surface area (TPSA) is 37.3 Å². The highest BCUT2D eigenvalue weighted by Gasteiger charge is 2.42. The second-order valence-corrected chi connectivity index (χ2v) is 7.26. The molecule has 0 amide bonds. The molecule has 1 fully saturated rings. The fraction of sp³-hybridized carbons (Fsp3) is 0.632. The molecule has 0 bridgehead atoms. The molecular formula is C19H28O2. The van der Waals surface area contributed by atoms with Crippen LogP contribution in [0.4, 0.5) is 0 Å². The van der Waals surface area contributed by atoms with Gasteiger partial charge in [-0.2, -0.15) is 0 Å². The quantitative estimate of drug-likeness (QED) is 0.867. The summed E-state index contributed by atoms with van der Waals surface area (Å²) in [5.74, 6) is 0.749. The number of aliphatic carboxylic acids is 1. The fourth-order valence-electron chi connectivity index (χ4n) is 3.63. The number of hydrogen-bond acceptors (Lipinski definition) is 1. The van der Waals surface area contributed by atoms with Crippen molar-refractivity contribution in [1.29, 1.82) is 0 Å². The van der Waals surface area contributed by atoms with E-state index >= 15 is 0 Å². The molecule has 116 valence electrons. The van der Waals surface area contributed by atoms with Gasteiger partial charge in [0.15, 0.2) is 0 Å². The predicted molar refractivity (Wildman–Crippen MR) is 86.5 cm³/mol. The van der Waals surface area contributed by atoms with Crippen molar-refractivity contribution in [3.05, 3.63) is 34.9 Å². The lowest BCUT2D eigenvalue weighted by molar-refractivity contribution is -0.151. The normalized spacial score (nSPS) is 26.0. The Balaban J connectivity index is 2.16. The maximum Gasteiger partial charge on any atom is 0.309 e. The zero-order chi connectivity index (χ0) is 15.6. The molecule has 1 N–H and O–H groups in total. The molecule has 1 aliphatic rings. The van der Waals surface area contributed by atoms with Gasteiger partial charge in [-0.3, -0.25) is 4.79 Å². The Kier molecular flexibility index (Phi) is 4.75. The maximum atomic E-state index is 11.9. The van der Waals surface area contributed by atoms with E-state index in [9.17, 15) is 9.90 Å². The lowest BCUT2D eigenvalue weighted by atomic mass is 9.65. The van der Waals surface area contributed by atoms with Gasteiger partial charge in [-0.1, -0.05) is 32.0 Å². The van der Waals surface area contributed by atoms with Crippen LogP contribution in [0.25, 0.3) is 0 Å². The molecule has 0 radical (unpaired) electrons. The Labute approximate surface area is 128 Å². The van der Waals surface area contributed by atoms with Gasteiger partial charge in [0.2, 0.25) is 0 Å². The van der Waals surface area contributed by atoms with E-state index in [1.807, 2.05) is 0 Å². The third-order valence-electron chi connectivity index (χ3n) is 5.50. The van der Waals surface area contributed by atoms with Gasteiger partial charge in [0.05, 0.1) is 5.41 Å². The molecule has 1 aliphatic carbocycles. The van der Waals surface area contributed by atoms with Crippen molar-refractivity contribution in [2.75, 3.05) is 0 Å². The van der Waals surface area contributed by atoms with Crippen molar-refractivity contribution in [3.63, 3.8) is 0 Å². The first-order chi connectivity index (χ1) is 9.84. The summed E-state index contributed by atoms with van der Waals surface area (Å²) in [7, 11) is 0. The second-order valence-electron chi connectivity index (χ2n) is 7.26. The Hall–Kier alpha value is -1.31. The highest BCUT2D eigenvalue weighted by molar-refractivity contribution is 5.75. The molecule has 1 aromatic rings. The lowest BCUT2D eigenvalue weighted by Crippen LogP contribution is -2.38. The van der Waals surface area contributed by atoms with E-state index in [4.69, 9.17) is 0 Å². The van der Waals surface area contributed by atoms with Crippen LogP contribution in [-0.2, 0) is 11.2 Å². The summed E-state index contributed by atoms with van der Waals surface area (Å²) < 4.78 is 0. The van der Waals surface area contributed by atoms with E-state index < -0.39 is 11.4 Å². The van der Waals surface area contributed by atoms with Gasteiger partial charge in [-0.15, -0.1) is 0 Å². The molecule has 2 heteroatoms. The summed E-state index contributed by atoms with van der Waals surface area (Å²) in [5.41, 5.74) is 3.15. The van der Waals surface area contributed by atoms with Crippen molar-refractivity contribution >= 4 is 5.97 Å². The minimum absolute atomic E-state index is 0.549. The van der Waals surface area contributed by atoms with Crippen molar-refractivity contribution in [1.82, 2.24) is 0 Å². The van der Waals surface area contributed by atoms with Crippen LogP contribution in [0, 0.1) is 31.1 Å². The molecule has 0 aliphatic heterocycles. The Morgan fingerprint density at radius 1 is 1.24 bits per heavy atom. The number of hydrogen-bond donors (Lipinski definition) is 1. The largest absolute Gasteiger partial charge is 0.481 e. The molecule has 0 unspecified atom stereocenters. The van der Waals surface area contributed by atoms with Crippen LogP contribution in [-0.4, -0.2) is 11.1 Å². The van der Waals surface area contributed by atoms with Gasteiger partial charge >= 0.3 is 5.97 Å². The Morgan fingerprint density at radius 3 is 2.33 bits per heavy atom. The van der Waals surface area contributed by atoms with Crippen LogP contribution in [0.2, 0.25) is 0 Å². The first-order valence-electron chi connectivity index (χ1n) is 8.13. The van der Waals surface area contributed by atoms with Crippen molar-refractivity contribution in [2.24, 2.45) is 17.3 Å². The fourth-order valence-corrected chi connectivity index (χ4v) is 3.63. The summed E-state index contributed by atoms with van der Waals surface area (Å²) in [6.07, 6.45) is 4.41. The van der Waals surface area contributed by atoms with Crippen LogP contribution < -0.4 is 0 Å². The molecule has 0 aromatic heterocycles. The number of carboxylic acids is 1. The van der Waals surface area contributed by atoms with Crippen LogP contribution in [0.5, 0.6) is 0 Å². The predicted octanol–water partition coefficient (Wildman–Crippen LogP) is 4.76. The Bertz CT molecular complexity index is 508. The third-order valence-corrected chi connectivity index (χ3v) is 5.50. The van der Waals surface area contributed by atoms with Crippen LogP contribution in [0.1, 0.15) is 56.2 Å². The van der Waals surface area contributed by atoms with Gasteiger partial charge in [-0.05, 0) is 74.5 Å². The summed E-state index contributed by atoms with van der Waals surface area (Å²) >= 11 is 0. The van der Waals surface area contributed by atoms with Crippen molar-refractivity contribution < 1.29 is 9.90 Å². The smallest absolute Gasteiger partial charge is 0.309 e. The molecular weight excluding hydrogens is 260 g/mol. The number of rotatable bonds is 4. The van der Waals surface area contributed by atoms with Gasteiger partial charge in [0.1, 0.15) is 0 Å². The highest BCUT2D eigenvalue weighted by atomic mass is 16.4. The monoisotopic (exact) mass is 288 g/mol. The average molecular weight is 288 g/mol.